The topological polar surface area (TPSA) is 101 Å². The van der Waals surface area contributed by atoms with Gasteiger partial charge in [-0.2, -0.15) is 0 Å². The predicted molar refractivity (Wildman–Crippen MR) is 83.9 cm³/mol. The van der Waals surface area contributed by atoms with Gasteiger partial charge in [-0.3, -0.25) is 0 Å². The van der Waals surface area contributed by atoms with Gasteiger partial charge in [0, 0.05) is 19.2 Å². The van der Waals surface area contributed by atoms with Gasteiger partial charge in [0.1, 0.15) is 12.1 Å². The lowest BCUT2D eigenvalue weighted by Gasteiger charge is -2.17. The van der Waals surface area contributed by atoms with Crippen molar-refractivity contribution in [3.8, 4) is 5.75 Å². The molecular formula is C15H21N5O3. The smallest absolute Gasteiger partial charge is 0.315 e. The third-order valence-corrected chi connectivity index (χ3v) is 3.44. The van der Waals surface area contributed by atoms with Gasteiger partial charge in [0.2, 0.25) is 0 Å². The van der Waals surface area contributed by atoms with Gasteiger partial charge < -0.3 is 25.0 Å². The van der Waals surface area contributed by atoms with Gasteiger partial charge in [0.25, 0.3) is 0 Å². The summed E-state index contributed by atoms with van der Waals surface area (Å²) in [5.74, 6) is 1.22. The second-order valence-electron chi connectivity index (χ2n) is 5.13. The highest BCUT2D eigenvalue weighted by molar-refractivity contribution is 5.74. The maximum absolute atomic E-state index is 11.9. The van der Waals surface area contributed by atoms with Crippen molar-refractivity contribution in [1.29, 1.82) is 0 Å². The number of aromatic nitrogens is 3. The summed E-state index contributed by atoms with van der Waals surface area (Å²) in [6, 6.07) is 6.44. The second kappa shape index (κ2) is 7.59. The van der Waals surface area contributed by atoms with Gasteiger partial charge in [-0.15, -0.1) is 10.2 Å². The Balaban J connectivity index is 1.88. The molecule has 2 rings (SSSR count). The number of aliphatic hydroxyl groups excluding tert-OH is 1. The molecule has 1 heterocycles. The van der Waals surface area contributed by atoms with Crippen LogP contribution in [0.4, 0.5) is 4.79 Å². The van der Waals surface area contributed by atoms with Gasteiger partial charge in [0.15, 0.2) is 5.82 Å². The van der Waals surface area contributed by atoms with E-state index in [0.29, 0.717) is 17.1 Å². The lowest BCUT2D eigenvalue weighted by Crippen LogP contribution is -2.39. The van der Waals surface area contributed by atoms with Crippen LogP contribution in [0.5, 0.6) is 5.75 Å². The molecule has 0 saturated carbocycles. The van der Waals surface area contributed by atoms with Crippen molar-refractivity contribution in [3.63, 3.8) is 0 Å². The molecule has 1 aromatic heterocycles. The first-order chi connectivity index (χ1) is 11.0. The van der Waals surface area contributed by atoms with Crippen molar-refractivity contribution in [2.75, 3.05) is 13.7 Å². The summed E-state index contributed by atoms with van der Waals surface area (Å²) >= 11 is 0. The molecule has 2 aromatic rings. The van der Waals surface area contributed by atoms with Crippen LogP contribution in [0.25, 0.3) is 0 Å². The summed E-state index contributed by atoms with van der Waals surface area (Å²) in [6.45, 7) is 1.87. The number of hydrogen-bond donors (Lipinski definition) is 3. The molecule has 0 aliphatic heterocycles. The van der Waals surface area contributed by atoms with Crippen molar-refractivity contribution in [2.24, 2.45) is 7.05 Å². The SMILES string of the molecule is COc1ccccc1[C@@H](O)CNC(=O)N[C@H](C)c1nncn1C. The van der Waals surface area contributed by atoms with Crippen LogP contribution in [0, 0.1) is 0 Å². The van der Waals surface area contributed by atoms with Crippen LogP contribution in [-0.2, 0) is 7.05 Å². The lowest BCUT2D eigenvalue weighted by atomic mass is 10.1. The van der Waals surface area contributed by atoms with E-state index in [1.165, 1.54) is 7.11 Å². The molecule has 124 valence electrons. The van der Waals surface area contributed by atoms with E-state index in [1.54, 1.807) is 43.1 Å². The van der Waals surface area contributed by atoms with Crippen LogP contribution < -0.4 is 15.4 Å². The maximum atomic E-state index is 11.9. The first-order valence-electron chi connectivity index (χ1n) is 7.22. The number of nitrogens with one attached hydrogen (secondary N) is 2. The minimum absolute atomic E-state index is 0.0672. The summed E-state index contributed by atoms with van der Waals surface area (Å²) in [6.07, 6.45) is 0.707. The van der Waals surface area contributed by atoms with Crippen LogP contribution in [0.1, 0.15) is 30.5 Å². The summed E-state index contributed by atoms with van der Waals surface area (Å²) < 4.78 is 6.92. The Bertz CT molecular complexity index is 658. The monoisotopic (exact) mass is 319 g/mol. The fourth-order valence-electron chi connectivity index (χ4n) is 2.24. The molecule has 1 aromatic carbocycles. The van der Waals surface area contributed by atoms with E-state index in [1.807, 2.05) is 6.07 Å². The van der Waals surface area contributed by atoms with Crippen LogP contribution in [-0.4, -0.2) is 39.6 Å². The van der Waals surface area contributed by atoms with E-state index >= 15 is 0 Å². The number of methoxy groups -OCH3 is 1. The Hall–Kier alpha value is -2.61. The molecule has 3 N–H and O–H groups in total. The van der Waals surface area contributed by atoms with Gasteiger partial charge in [-0.05, 0) is 13.0 Å². The molecule has 23 heavy (non-hydrogen) atoms. The normalized spacial score (nSPS) is 13.2. The van der Waals surface area contributed by atoms with E-state index in [0.717, 1.165) is 0 Å². The number of amides is 2. The van der Waals surface area contributed by atoms with E-state index in [9.17, 15) is 9.90 Å². The van der Waals surface area contributed by atoms with Crippen LogP contribution in [0.2, 0.25) is 0 Å². The Labute approximate surface area is 134 Å². The molecule has 0 saturated heterocycles. The highest BCUT2D eigenvalue weighted by Crippen LogP contribution is 2.23. The Kier molecular flexibility index (Phi) is 5.53. The summed E-state index contributed by atoms with van der Waals surface area (Å²) in [5, 5.41) is 23.3. The number of urea groups is 1. The summed E-state index contributed by atoms with van der Waals surface area (Å²) in [4.78, 5) is 11.9. The van der Waals surface area contributed by atoms with Crippen LogP contribution >= 0.6 is 0 Å². The van der Waals surface area contributed by atoms with Crippen molar-refractivity contribution < 1.29 is 14.6 Å². The van der Waals surface area contributed by atoms with Gasteiger partial charge in [-0.1, -0.05) is 18.2 Å². The van der Waals surface area contributed by atoms with E-state index in [2.05, 4.69) is 20.8 Å². The Morgan fingerprint density at radius 1 is 1.43 bits per heavy atom. The average molecular weight is 319 g/mol. The Morgan fingerprint density at radius 2 is 2.17 bits per heavy atom. The fraction of sp³-hybridized carbons (Fsp3) is 0.400. The van der Waals surface area contributed by atoms with Crippen molar-refractivity contribution in [2.45, 2.75) is 19.1 Å². The van der Waals surface area contributed by atoms with Gasteiger partial charge in [-0.25, -0.2) is 4.79 Å². The summed E-state index contributed by atoms with van der Waals surface area (Å²) in [5.41, 5.74) is 0.622. The third kappa shape index (κ3) is 4.19. The molecule has 0 bridgehead atoms. The van der Waals surface area contributed by atoms with Crippen molar-refractivity contribution in [1.82, 2.24) is 25.4 Å². The number of para-hydroxylation sites is 1. The third-order valence-electron chi connectivity index (χ3n) is 3.44. The number of rotatable bonds is 6. The van der Waals surface area contributed by atoms with Gasteiger partial charge >= 0.3 is 6.03 Å². The molecule has 0 unspecified atom stereocenters. The number of nitrogens with zero attached hydrogens (tertiary/aromatic N) is 3. The first-order valence-corrected chi connectivity index (χ1v) is 7.22. The quantitative estimate of drug-likeness (QED) is 0.735. The highest BCUT2D eigenvalue weighted by Gasteiger charge is 2.16. The summed E-state index contributed by atoms with van der Waals surface area (Å²) in [7, 11) is 3.34. The first kappa shape index (κ1) is 16.8. The molecule has 2 atom stereocenters. The lowest BCUT2D eigenvalue weighted by molar-refractivity contribution is 0.168. The maximum Gasteiger partial charge on any atom is 0.315 e. The van der Waals surface area contributed by atoms with E-state index < -0.39 is 12.1 Å². The molecule has 0 fully saturated rings. The molecule has 8 heteroatoms. The highest BCUT2D eigenvalue weighted by atomic mass is 16.5. The molecule has 2 amide bonds. The zero-order valence-electron chi connectivity index (χ0n) is 13.4. The number of benzene rings is 1. The van der Waals surface area contributed by atoms with Crippen LogP contribution in [0.15, 0.2) is 30.6 Å². The molecule has 0 spiro atoms. The van der Waals surface area contributed by atoms with Gasteiger partial charge in [0.05, 0.1) is 19.3 Å². The van der Waals surface area contributed by atoms with E-state index in [4.69, 9.17) is 4.74 Å². The molecular weight excluding hydrogens is 298 g/mol. The number of aryl methyl sites for hydroxylation is 1. The zero-order chi connectivity index (χ0) is 16.8. The minimum Gasteiger partial charge on any atom is -0.496 e. The second-order valence-corrected chi connectivity index (χ2v) is 5.13. The fourth-order valence-corrected chi connectivity index (χ4v) is 2.24. The predicted octanol–water partition coefficient (Wildman–Crippen LogP) is 0.917. The average Bonchev–Trinajstić information content (AvgIpc) is 2.98. The molecule has 0 aliphatic carbocycles. The number of ether oxygens (including phenoxy) is 1. The number of carbonyl (C=O) groups is 1. The zero-order valence-corrected chi connectivity index (χ0v) is 13.4. The van der Waals surface area contributed by atoms with Crippen molar-refractivity contribution in [3.05, 3.63) is 42.0 Å². The van der Waals surface area contributed by atoms with Crippen molar-refractivity contribution >= 4 is 6.03 Å². The minimum atomic E-state index is -0.859. The standard InChI is InChI=1S/C15H21N5O3/c1-10(14-19-17-9-20(14)2)18-15(22)16-8-12(21)11-6-4-5-7-13(11)23-3/h4-7,9-10,12,21H,8H2,1-3H3,(H2,16,18,22)/t10-,12+/m1/s1. The number of hydrogen-bond acceptors (Lipinski definition) is 5. The number of aliphatic hydroxyl groups is 1. The largest absolute Gasteiger partial charge is 0.496 e. The molecule has 0 radical (unpaired) electrons. The molecule has 8 nitrogen and oxygen atoms in total. The van der Waals surface area contributed by atoms with E-state index in [-0.39, 0.29) is 12.6 Å². The van der Waals surface area contributed by atoms with Crippen LogP contribution in [0.3, 0.4) is 0 Å². The Morgan fingerprint density at radius 3 is 2.83 bits per heavy atom. The number of carbonyl (C=O) groups excluding carboxylic acids is 1. The molecule has 0 aliphatic rings.